The first-order valence-electron chi connectivity index (χ1n) is 14.3. The quantitative estimate of drug-likeness (QED) is 0.239. The third-order valence-corrected chi connectivity index (χ3v) is 8.58. The first-order chi connectivity index (χ1) is 20.8. The van der Waals surface area contributed by atoms with Crippen LogP contribution in [0.15, 0.2) is 150 Å². The average molecular weight is 536 g/mol. The molecule has 0 bridgehead atoms. The number of H-pyrrole nitrogens is 1. The summed E-state index contributed by atoms with van der Waals surface area (Å²) in [4.78, 5) is 3.75. The van der Waals surface area contributed by atoms with E-state index in [0.29, 0.717) is 0 Å². The summed E-state index contributed by atoms with van der Waals surface area (Å²) in [6, 6.07) is 52.1. The van der Waals surface area contributed by atoms with E-state index in [2.05, 4.69) is 138 Å². The summed E-state index contributed by atoms with van der Waals surface area (Å²) in [5.74, 6) is 0. The molecule has 196 valence electrons. The number of hydrogen-bond donors (Lipinski definition) is 1. The molecule has 9 rings (SSSR count). The number of hydrogen-bond acceptors (Lipinski definition) is 1. The number of benzene rings is 7. The topological polar surface area (TPSA) is 28.9 Å². The largest absolute Gasteiger partial charge is 0.456 e. The number of nitrogens with one attached hydrogen (secondary N) is 1. The Morgan fingerprint density at radius 3 is 1.83 bits per heavy atom. The molecular weight excluding hydrogens is 510 g/mol. The lowest BCUT2D eigenvalue weighted by atomic mass is 9.94. The SMILES string of the molecule is c1cc(-c2cccc(-c3cccc4oc5ccccc5c34)c2)cc(-c2cccc3c2[nH]c2cc4ccccc4cc23)c1. The van der Waals surface area contributed by atoms with Gasteiger partial charge in [-0.1, -0.05) is 109 Å². The Kier molecular flexibility index (Phi) is 4.93. The van der Waals surface area contributed by atoms with Crippen molar-refractivity contribution in [2.24, 2.45) is 0 Å². The first kappa shape index (κ1) is 23.1. The standard InChI is InChI=1S/C40H25NO/c1-2-10-28-24-36-35(23-27(28)9-1)33-18-7-17-32(40(33)41-36)30-14-6-12-26(22-30)25-11-5-13-29(21-25)31-16-8-20-38-39(31)34-15-3-4-19-37(34)42-38/h1-24,41H. The van der Waals surface area contributed by atoms with Crippen molar-refractivity contribution in [3.05, 3.63) is 146 Å². The van der Waals surface area contributed by atoms with Crippen molar-refractivity contribution in [3.63, 3.8) is 0 Å². The molecule has 42 heavy (non-hydrogen) atoms. The van der Waals surface area contributed by atoms with Crippen LogP contribution in [0.3, 0.4) is 0 Å². The smallest absolute Gasteiger partial charge is 0.136 e. The minimum atomic E-state index is 0.917. The van der Waals surface area contributed by atoms with Crippen LogP contribution >= 0.6 is 0 Å². The van der Waals surface area contributed by atoms with Crippen LogP contribution in [-0.4, -0.2) is 4.98 Å². The molecule has 0 aliphatic rings. The highest BCUT2D eigenvalue weighted by atomic mass is 16.3. The summed E-state index contributed by atoms with van der Waals surface area (Å²) < 4.78 is 6.17. The van der Waals surface area contributed by atoms with E-state index in [1.807, 2.05) is 12.1 Å². The van der Waals surface area contributed by atoms with Crippen molar-refractivity contribution >= 4 is 54.5 Å². The predicted octanol–water partition coefficient (Wildman–Crippen LogP) is 11.4. The summed E-state index contributed by atoms with van der Waals surface area (Å²) in [6.45, 7) is 0. The summed E-state index contributed by atoms with van der Waals surface area (Å²) >= 11 is 0. The zero-order chi connectivity index (χ0) is 27.6. The van der Waals surface area contributed by atoms with Crippen LogP contribution in [0.4, 0.5) is 0 Å². The molecule has 0 fully saturated rings. The van der Waals surface area contributed by atoms with Crippen molar-refractivity contribution in [2.45, 2.75) is 0 Å². The molecule has 0 spiro atoms. The number of aromatic nitrogens is 1. The van der Waals surface area contributed by atoms with Crippen LogP contribution in [-0.2, 0) is 0 Å². The molecule has 0 unspecified atom stereocenters. The summed E-state index contributed by atoms with van der Waals surface area (Å²) in [5.41, 5.74) is 11.3. The van der Waals surface area contributed by atoms with Crippen molar-refractivity contribution in [3.8, 4) is 33.4 Å². The Balaban J connectivity index is 1.18. The summed E-state index contributed by atoms with van der Waals surface area (Å²) in [6.07, 6.45) is 0. The Morgan fingerprint density at radius 1 is 0.405 bits per heavy atom. The molecule has 2 aromatic heterocycles. The molecule has 9 aromatic rings. The Labute approximate surface area is 242 Å². The molecule has 0 saturated heterocycles. The summed E-state index contributed by atoms with van der Waals surface area (Å²) in [7, 11) is 0. The normalized spacial score (nSPS) is 11.8. The van der Waals surface area contributed by atoms with Gasteiger partial charge in [-0.15, -0.1) is 0 Å². The van der Waals surface area contributed by atoms with Crippen LogP contribution in [0.1, 0.15) is 0 Å². The van der Waals surface area contributed by atoms with Gasteiger partial charge in [-0.3, -0.25) is 0 Å². The fourth-order valence-corrected chi connectivity index (χ4v) is 6.60. The molecule has 0 aliphatic heterocycles. The number of rotatable bonds is 3. The molecule has 0 amide bonds. The molecule has 0 saturated carbocycles. The van der Waals surface area contributed by atoms with Gasteiger partial charge in [0.15, 0.2) is 0 Å². The molecule has 2 nitrogen and oxygen atoms in total. The molecule has 0 aliphatic carbocycles. The lowest BCUT2D eigenvalue weighted by molar-refractivity contribution is 0.669. The number of para-hydroxylation sites is 2. The number of aromatic amines is 1. The first-order valence-corrected chi connectivity index (χ1v) is 14.3. The fraction of sp³-hybridized carbons (Fsp3) is 0. The molecule has 2 heteroatoms. The van der Waals surface area contributed by atoms with Gasteiger partial charge in [0.1, 0.15) is 11.2 Å². The zero-order valence-corrected chi connectivity index (χ0v) is 22.8. The maximum Gasteiger partial charge on any atom is 0.136 e. The lowest BCUT2D eigenvalue weighted by Gasteiger charge is -2.10. The minimum absolute atomic E-state index is 0.917. The Hall–Kier alpha value is -5.60. The van der Waals surface area contributed by atoms with E-state index < -0.39 is 0 Å². The van der Waals surface area contributed by atoms with Crippen LogP contribution in [0.5, 0.6) is 0 Å². The number of fused-ring (bicyclic) bond motifs is 7. The second kappa shape index (κ2) is 8.95. The second-order valence-electron chi connectivity index (χ2n) is 11.0. The van der Waals surface area contributed by atoms with Gasteiger partial charge >= 0.3 is 0 Å². The van der Waals surface area contributed by atoms with Crippen molar-refractivity contribution in [1.82, 2.24) is 4.98 Å². The van der Waals surface area contributed by atoms with E-state index in [9.17, 15) is 0 Å². The van der Waals surface area contributed by atoms with Gasteiger partial charge in [0, 0.05) is 32.6 Å². The molecule has 0 atom stereocenters. The monoisotopic (exact) mass is 535 g/mol. The predicted molar refractivity (Wildman–Crippen MR) is 177 cm³/mol. The van der Waals surface area contributed by atoms with E-state index in [0.717, 1.165) is 21.9 Å². The van der Waals surface area contributed by atoms with Crippen LogP contribution in [0.25, 0.3) is 87.9 Å². The van der Waals surface area contributed by atoms with Crippen molar-refractivity contribution in [2.75, 3.05) is 0 Å². The second-order valence-corrected chi connectivity index (χ2v) is 11.0. The van der Waals surface area contributed by atoms with E-state index in [1.165, 1.54) is 66.0 Å². The van der Waals surface area contributed by atoms with Gasteiger partial charge in [0.05, 0.1) is 5.52 Å². The lowest BCUT2D eigenvalue weighted by Crippen LogP contribution is -1.85. The molecule has 0 radical (unpaired) electrons. The maximum atomic E-state index is 6.17. The maximum absolute atomic E-state index is 6.17. The highest BCUT2D eigenvalue weighted by Crippen LogP contribution is 2.39. The van der Waals surface area contributed by atoms with Crippen LogP contribution in [0, 0.1) is 0 Å². The highest BCUT2D eigenvalue weighted by molar-refractivity contribution is 6.15. The Morgan fingerprint density at radius 2 is 1.00 bits per heavy atom. The third kappa shape index (κ3) is 3.52. The van der Waals surface area contributed by atoms with E-state index >= 15 is 0 Å². The average Bonchev–Trinajstić information content (AvgIpc) is 3.62. The van der Waals surface area contributed by atoms with Gasteiger partial charge in [-0.05, 0) is 75.0 Å². The van der Waals surface area contributed by atoms with Crippen molar-refractivity contribution < 1.29 is 4.42 Å². The third-order valence-electron chi connectivity index (χ3n) is 8.58. The van der Waals surface area contributed by atoms with E-state index in [4.69, 9.17) is 4.42 Å². The van der Waals surface area contributed by atoms with Crippen molar-refractivity contribution in [1.29, 1.82) is 0 Å². The summed E-state index contributed by atoms with van der Waals surface area (Å²) in [5, 5.41) is 7.33. The van der Waals surface area contributed by atoms with Gasteiger partial charge in [0.2, 0.25) is 0 Å². The van der Waals surface area contributed by atoms with Crippen LogP contribution in [0.2, 0.25) is 0 Å². The fourth-order valence-electron chi connectivity index (χ4n) is 6.60. The van der Waals surface area contributed by atoms with Crippen LogP contribution < -0.4 is 0 Å². The molecular formula is C40H25NO. The zero-order valence-electron chi connectivity index (χ0n) is 22.8. The van der Waals surface area contributed by atoms with E-state index in [-0.39, 0.29) is 0 Å². The Bertz CT molecular complexity index is 2470. The molecule has 1 N–H and O–H groups in total. The van der Waals surface area contributed by atoms with Gasteiger partial charge in [0.25, 0.3) is 0 Å². The number of furan rings is 1. The minimum Gasteiger partial charge on any atom is -0.456 e. The van der Waals surface area contributed by atoms with Gasteiger partial charge in [-0.2, -0.15) is 0 Å². The van der Waals surface area contributed by atoms with E-state index in [1.54, 1.807) is 0 Å². The van der Waals surface area contributed by atoms with Gasteiger partial charge < -0.3 is 9.40 Å². The molecule has 7 aromatic carbocycles. The highest BCUT2D eigenvalue weighted by Gasteiger charge is 2.14. The van der Waals surface area contributed by atoms with Gasteiger partial charge in [-0.25, -0.2) is 0 Å². The molecule has 2 heterocycles.